The van der Waals surface area contributed by atoms with Gasteiger partial charge in [0.05, 0.1) is 13.2 Å². The fourth-order valence-corrected chi connectivity index (χ4v) is 2.40. The summed E-state index contributed by atoms with van der Waals surface area (Å²) in [5.41, 5.74) is 4.06. The molecule has 1 aromatic carbocycles. The van der Waals surface area contributed by atoms with Crippen LogP contribution in [0.25, 0.3) is 0 Å². The number of rotatable bonds is 8. The van der Waals surface area contributed by atoms with Crippen LogP contribution in [0.5, 0.6) is 5.75 Å². The van der Waals surface area contributed by atoms with Crippen LogP contribution in [0.1, 0.15) is 26.8 Å². The highest BCUT2D eigenvalue weighted by molar-refractivity contribution is 5.96. The van der Waals surface area contributed by atoms with Gasteiger partial charge in [0.1, 0.15) is 18.1 Å². The number of furan rings is 1. The van der Waals surface area contributed by atoms with Crippen LogP contribution in [0.2, 0.25) is 0 Å². The van der Waals surface area contributed by atoms with Gasteiger partial charge in [0.15, 0.2) is 11.5 Å². The van der Waals surface area contributed by atoms with E-state index in [2.05, 4.69) is 16.0 Å². The van der Waals surface area contributed by atoms with Crippen molar-refractivity contribution in [2.75, 3.05) is 13.7 Å². The molecule has 0 aliphatic rings. The minimum absolute atomic E-state index is 0.0000134. The zero-order chi connectivity index (χ0) is 21.3. The van der Waals surface area contributed by atoms with Gasteiger partial charge >= 0.3 is 5.91 Å². The molecule has 10 heteroatoms. The molecule has 0 radical (unpaired) electrons. The second kappa shape index (κ2) is 10.0. The summed E-state index contributed by atoms with van der Waals surface area (Å²) in [5.74, 6) is -0.218. The molecule has 0 fully saturated rings. The van der Waals surface area contributed by atoms with Gasteiger partial charge in [0, 0.05) is 13.2 Å². The number of benzene rings is 1. The molecule has 2 heterocycles. The van der Waals surface area contributed by atoms with Crippen molar-refractivity contribution in [3.8, 4) is 5.75 Å². The van der Waals surface area contributed by atoms with Crippen molar-refractivity contribution in [3.63, 3.8) is 0 Å². The molecule has 30 heavy (non-hydrogen) atoms. The van der Waals surface area contributed by atoms with Crippen LogP contribution in [0.4, 0.5) is 0 Å². The number of para-hydroxylation sites is 1. The standard InChI is InChI=1S/C20H20N4O6/c1-28-12-11-24-18(25)10-8-16(23-24)19(26)21-22-20(27)17-9-7-15(30-17)13-29-14-5-3-2-4-6-14/h2-10H,11-13H2,1H3,(H,21,26)(H,22,27). The highest BCUT2D eigenvalue weighted by atomic mass is 16.5. The van der Waals surface area contributed by atoms with E-state index in [-0.39, 0.29) is 36.8 Å². The lowest BCUT2D eigenvalue weighted by Crippen LogP contribution is -2.42. The second-order valence-electron chi connectivity index (χ2n) is 6.05. The van der Waals surface area contributed by atoms with Crippen LogP contribution < -0.4 is 21.1 Å². The predicted molar refractivity (Wildman–Crippen MR) is 105 cm³/mol. The third-order valence-corrected chi connectivity index (χ3v) is 3.91. The van der Waals surface area contributed by atoms with Gasteiger partial charge in [-0.3, -0.25) is 25.2 Å². The van der Waals surface area contributed by atoms with Crippen LogP contribution in [-0.4, -0.2) is 35.3 Å². The zero-order valence-electron chi connectivity index (χ0n) is 16.2. The number of amides is 2. The van der Waals surface area contributed by atoms with E-state index in [9.17, 15) is 14.4 Å². The van der Waals surface area contributed by atoms with E-state index >= 15 is 0 Å². The van der Waals surface area contributed by atoms with E-state index in [1.807, 2.05) is 18.2 Å². The topological polar surface area (TPSA) is 125 Å². The molecule has 0 aliphatic carbocycles. The number of hydrogen-bond acceptors (Lipinski definition) is 7. The fourth-order valence-electron chi connectivity index (χ4n) is 2.40. The van der Waals surface area contributed by atoms with Crippen LogP contribution >= 0.6 is 0 Å². The Kier molecular flexibility index (Phi) is 6.95. The minimum Gasteiger partial charge on any atom is -0.486 e. The Labute approximate surface area is 171 Å². The van der Waals surface area contributed by atoms with Gasteiger partial charge in [-0.15, -0.1) is 0 Å². The molecule has 0 spiro atoms. The average Bonchev–Trinajstić information content (AvgIpc) is 3.25. The Morgan fingerprint density at radius 2 is 1.80 bits per heavy atom. The Morgan fingerprint density at radius 1 is 1.03 bits per heavy atom. The molecule has 2 aromatic heterocycles. The number of aromatic nitrogens is 2. The number of nitrogens with zero attached hydrogens (tertiary/aromatic N) is 2. The van der Waals surface area contributed by atoms with Crippen molar-refractivity contribution in [3.05, 3.63) is 82.2 Å². The Balaban J connectivity index is 1.53. The van der Waals surface area contributed by atoms with Crippen LogP contribution in [0, 0.1) is 0 Å². The highest BCUT2D eigenvalue weighted by Gasteiger charge is 2.15. The van der Waals surface area contributed by atoms with Gasteiger partial charge in [-0.05, 0) is 30.3 Å². The van der Waals surface area contributed by atoms with Crippen LogP contribution in [0.15, 0.2) is 63.8 Å². The lowest BCUT2D eigenvalue weighted by atomic mass is 10.3. The smallest absolute Gasteiger partial charge is 0.305 e. The molecule has 0 saturated heterocycles. The normalized spacial score (nSPS) is 10.4. The summed E-state index contributed by atoms with van der Waals surface area (Å²) < 4.78 is 17.0. The average molecular weight is 412 g/mol. The molecule has 0 bridgehead atoms. The van der Waals surface area contributed by atoms with Gasteiger partial charge in [0.25, 0.3) is 11.5 Å². The molecule has 3 aromatic rings. The van der Waals surface area contributed by atoms with Gasteiger partial charge in [-0.2, -0.15) is 5.10 Å². The first-order valence-electron chi connectivity index (χ1n) is 9.01. The minimum atomic E-state index is -0.686. The number of hydrazine groups is 1. The molecule has 0 saturated carbocycles. The number of carbonyl (C=O) groups excluding carboxylic acids is 2. The first kappa shape index (κ1) is 20.8. The quantitative estimate of drug-likeness (QED) is 0.532. The molecule has 0 atom stereocenters. The molecular formula is C20H20N4O6. The SMILES string of the molecule is COCCn1nc(C(=O)NNC(=O)c2ccc(COc3ccccc3)o2)ccc1=O. The largest absolute Gasteiger partial charge is 0.486 e. The monoisotopic (exact) mass is 412 g/mol. The number of hydrogen-bond donors (Lipinski definition) is 2. The Hall–Kier alpha value is -3.92. The molecular weight excluding hydrogens is 392 g/mol. The third kappa shape index (κ3) is 5.55. The van der Waals surface area contributed by atoms with Crippen molar-refractivity contribution in [1.29, 1.82) is 0 Å². The molecule has 0 unspecified atom stereocenters. The lowest BCUT2D eigenvalue weighted by Gasteiger charge is -2.08. The van der Waals surface area contributed by atoms with Crippen LogP contribution in [-0.2, 0) is 17.9 Å². The zero-order valence-corrected chi connectivity index (χ0v) is 16.2. The molecule has 156 valence electrons. The number of ether oxygens (including phenoxy) is 2. The van der Waals surface area contributed by atoms with Crippen LogP contribution in [0.3, 0.4) is 0 Å². The fraction of sp³-hybridized carbons (Fsp3) is 0.200. The maximum atomic E-state index is 12.2. The van der Waals surface area contributed by atoms with Gasteiger partial charge in [0.2, 0.25) is 0 Å². The third-order valence-electron chi connectivity index (χ3n) is 3.91. The Bertz CT molecular complexity index is 1060. The number of carbonyl (C=O) groups is 2. The van der Waals surface area contributed by atoms with E-state index in [0.29, 0.717) is 11.5 Å². The van der Waals surface area contributed by atoms with E-state index in [4.69, 9.17) is 13.9 Å². The molecule has 2 amide bonds. The van der Waals surface area contributed by atoms with Crippen molar-refractivity contribution in [2.24, 2.45) is 0 Å². The van der Waals surface area contributed by atoms with Gasteiger partial charge < -0.3 is 13.9 Å². The van der Waals surface area contributed by atoms with Crippen molar-refractivity contribution < 1.29 is 23.5 Å². The first-order valence-corrected chi connectivity index (χ1v) is 9.01. The van der Waals surface area contributed by atoms with Gasteiger partial charge in [-0.25, -0.2) is 4.68 Å². The Morgan fingerprint density at radius 3 is 2.57 bits per heavy atom. The maximum Gasteiger partial charge on any atom is 0.305 e. The van der Waals surface area contributed by atoms with Crippen molar-refractivity contribution >= 4 is 11.8 Å². The molecule has 3 rings (SSSR count). The van der Waals surface area contributed by atoms with E-state index in [1.54, 1.807) is 18.2 Å². The summed E-state index contributed by atoms with van der Waals surface area (Å²) in [4.78, 5) is 36.1. The van der Waals surface area contributed by atoms with Crippen molar-refractivity contribution in [2.45, 2.75) is 13.2 Å². The molecule has 2 N–H and O–H groups in total. The van der Waals surface area contributed by atoms with E-state index < -0.39 is 11.8 Å². The molecule has 0 aliphatic heterocycles. The van der Waals surface area contributed by atoms with E-state index in [0.717, 1.165) is 4.68 Å². The van der Waals surface area contributed by atoms with Gasteiger partial charge in [-0.1, -0.05) is 18.2 Å². The summed E-state index contributed by atoms with van der Waals surface area (Å²) in [7, 11) is 1.49. The first-order chi connectivity index (χ1) is 14.6. The summed E-state index contributed by atoms with van der Waals surface area (Å²) in [6.07, 6.45) is 0. The highest BCUT2D eigenvalue weighted by Crippen LogP contribution is 2.13. The number of nitrogens with one attached hydrogen (secondary N) is 2. The summed E-state index contributed by atoms with van der Waals surface area (Å²) in [6, 6.07) is 14.7. The molecule has 10 nitrogen and oxygen atoms in total. The predicted octanol–water partition coefficient (Wildman–Crippen LogP) is 1.14. The van der Waals surface area contributed by atoms with E-state index in [1.165, 1.54) is 25.3 Å². The maximum absolute atomic E-state index is 12.2. The second-order valence-corrected chi connectivity index (χ2v) is 6.05. The number of methoxy groups -OCH3 is 1. The summed E-state index contributed by atoms with van der Waals surface area (Å²) in [6.45, 7) is 0.614. The van der Waals surface area contributed by atoms with Crippen molar-refractivity contribution in [1.82, 2.24) is 20.6 Å². The lowest BCUT2D eigenvalue weighted by molar-refractivity contribution is 0.0824. The summed E-state index contributed by atoms with van der Waals surface area (Å²) >= 11 is 0. The summed E-state index contributed by atoms with van der Waals surface area (Å²) in [5, 5.41) is 3.94.